The van der Waals surface area contributed by atoms with Gasteiger partial charge in [-0.1, -0.05) is 0 Å². The largest absolute Gasteiger partial charge is 0.271 e. The summed E-state index contributed by atoms with van der Waals surface area (Å²) in [6.07, 6.45) is 3.50. The first-order valence-corrected chi connectivity index (χ1v) is 8.31. The lowest BCUT2D eigenvalue weighted by atomic mass is 10.0. The molecule has 4 nitrogen and oxygen atoms in total. The monoisotopic (exact) mass is 332 g/mol. The molecule has 6 heteroatoms. The van der Waals surface area contributed by atoms with E-state index >= 15 is 0 Å². The summed E-state index contributed by atoms with van der Waals surface area (Å²) >= 11 is 5.68. The number of hydrogen-bond donors (Lipinski definition) is 2. The van der Waals surface area contributed by atoms with Gasteiger partial charge in [-0.2, -0.15) is 16.9 Å². The zero-order chi connectivity index (χ0) is 13.1. The first kappa shape index (κ1) is 14.4. The van der Waals surface area contributed by atoms with Crippen molar-refractivity contribution >= 4 is 27.7 Å². The Hall–Kier alpha value is -0.0400. The molecule has 1 aromatic rings. The minimum absolute atomic E-state index is 0.329. The number of halogens is 1. The zero-order valence-corrected chi connectivity index (χ0v) is 13.4. The van der Waals surface area contributed by atoms with Crippen LogP contribution in [0, 0.1) is 6.92 Å². The van der Waals surface area contributed by atoms with E-state index in [1.165, 1.54) is 24.3 Å². The number of nitrogens with two attached hydrogens (primary N) is 1. The highest BCUT2D eigenvalue weighted by atomic mass is 79.9. The van der Waals surface area contributed by atoms with Gasteiger partial charge in [-0.3, -0.25) is 16.0 Å². The van der Waals surface area contributed by atoms with Crippen molar-refractivity contribution in [2.45, 2.75) is 50.9 Å². The van der Waals surface area contributed by atoms with Crippen LogP contribution in [0.4, 0.5) is 0 Å². The number of hydrazine groups is 1. The number of nitrogens with one attached hydrogen (secondary N) is 1. The Morgan fingerprint density at radius 3 is 3.00 bits per heavy atom. The van der Waals surface area contributed by atoms with Gasteiger partial charge < -0.3 is 0 Å². The van der Waals surface area contributed by atoms with E-state index in [9.17, 15) is 0 Å². The number of rotatable bonds is 5. The molecule has 3 N–H and O–H groups in total. The molecule has 1 fully saturated rings. The average Bonchev–Trinajstić information content (AvgIpc) is 2.98. The summed E-state index contributed by atoms with van der Waals surface area (Å²) in [6.45, 7) is 5.06. The van der Waals surface area contributed by atoms with Gasteiger partial charge in [-0.05, 0) is 48.4 Å². The van der Waals surface area contributed by atoms with E-state index in [0.717, 1.165) is 23.1 Å². The molecule has 0 saturated carbocycles. The third kappa shape index (κ3) is 2.92. The van der Waals surface area contributed by atoms with Crippen LogP contribution in [0.1, 0.15) is 31.2 Å². The van der Waals surface area contributed by atoms with Gasteiger partial charge in [0.05, 0.1) is 15.9 Å². The van der Waals surface area contributed by atoms with E-state index in [1.807, 2.05) is 18.7 Å². The molecule has 18 heavy (non-hydrogen) atoms. The van der Waals surface area contributed by atoms with Crippen molar-refractivity contribution in [1.29, 1.82) is 0 Å². The summed E-state index contributed by atoms with van der Waals surface area (Å²) < 4.78 is 3.20. The lowest BCUT2D eigenvalue weighted by Gasteiger charge is -2.22. The Balaban J connectivity index is 2.15. The topological polar surface area (TPSA) is 55.9 Å². The third-order valence-electron chi connectivity index (χ3n) is 3.49. The smallest absolute Gasteiger partial charge is 0.0738 e. The third-order valence-corrected chi connectivity index (χ3v) is 6.04. The van der Waals surface area contributed by atoms with Gasteiger partial charge in [0.1, 0.15) is 0 Å². The summed E-state index contributed by atoms with van der Waals surface area (Å²) in [6, 6.07) is 0.329. The van der Waals surface area contributed by atoms with Gasteiger partial charge in [0.2, 0.25) is 0 Å². The van der Waals surface area contributed by atoms with Crippen molar-refractivity contribution in [1.82, 2.24) is 15.2 Å². The van der Waals surface area contributed by atoms with E-state index in [0.29, 0.717) is 11.3 Å². The highest BCUT2D eigenvalue weighted by Gasteiger charge is 2.27. The summed E-state index contributed by atoms with van der Waals surface area (Å²) in [5.41, 5.74) is 5.31. The van der Waals surface area contributed by atoms with Crippen LogP contribution >= 0.6 is 27.7 Å². The minimum Gasteiger partial charge on any atom is -0.271 e. The predicted molar refractivity (Wildman–Crippen MR) is 80.6 cm³/mol. The normalized spacial score (nSPS) is 21.4. The Kier molecular flexibility index (Phi) is 5.12. The van der Waals surface area contributed by atoms with Gasteiger partial charge in [-0.25, -0.2) is 0 Å². The molecule has 1 saturated heterocycles. The fraction of sp³-hybridized carbons (Fsp3) is 0.750. The molecular weight excluding hydrogens is 312 g/mol. The van der Waals surface area contributed by atoms with E-state index < -0.39 is 0 Å². The molecule has 0 spiro atoms. The van der Waals surface area contributed by atoms with Crippen molar-refractivity contribution in [3.8, 4) is 0 Å². The Morgan fingerprint density at radius 2 is 2.44 bits per heavy atom. The Bertz CT molecular complexity index is 401. The lowest BCUT2D eigenvalue weighted by molar-refractivity contribution is 0.475. The van der Waals surface area contributed by atoms with Crippen molar-refractivity contribution in [3.63, 3.8) is 0 Å². The molecular formula is C12H21BrN4S. The van der Waals surface area contributed by atoms with E-state index in [2.05, 4.69) is 38.1 Å². The highest BCUT2D eigenvalue weighted by Crippen LogP contribution is 2.31. The summed E-state index contributed by atoms with van der Waals surface area (Å²) in [5, 5.41) is 5.16. The molecule has 0 amide bonds. The number of thioether (sulfide) groups is 1. The summed E-state index contributed by atoms with van der Waals surface area (Å²) in [5.74, 6) is 7.00. The molecule has 2 rings (SSSR count). The number of nitrogens with zero attached hydrogens (tertiary/aromatic N) is 2. The Labute approximate surface area is 121 Å². The van der Waals surface area contributed by atoms with Crippen LogP contribution in [0.5, 0.6) is 0 Å². The quantitative estimate of drug-likeness (QED) is 0.641. The van der Waals surface area contributed by atoms with Gasteiger partial charge in [-0.15, -0.1) is 0 Å². The van der Waals surface area contributed by atoms with Gasteiger partial charge in [0.25, 0.3) is 0 Å². The molecule has 0 radical (unpaired) electrons. The molecule has 0 aliphatic carbocycles. The minimum atomic E-state index is 0.329. The maximum Gasteiger partial charge on any atom is 0.0738 e. The number of hydrogen-bond acceptors (Lipinski definition) is 4. The molecule has 1 aromatic heterocycles. The van der Waals surface area contributed by atoms with E-state index in [1.54, 1.807) is 0 Å². The standard InChI is InChI=1S/C12H21BrN4S/c1-3-17-10(12(13)8(2)16-17)7-9(15-14)11-5-4-6-18-11/h9,11,15H,3-7,14H2,1-2H3. The van der Waals surface area contributed by atoms with Crippen molar-refractivity contribution in [3.05, 3.63) is 15.9 Å². The second-order valence-corrected chi connectivity index (χ2v) is 6.83. The second-order valence-electron chi connectivity index (χ2n) is 4.69. The van der Waals surface area contributed by atoms with Crippen LogP contribution in [0.3, 0.4) is 0 Å². The zero-order valence-electron chi connectivity index (χ0n) is 10.9. The molecule has 2 unspecified atom stereocenters. The summed E-state index contributed by atoms with van der Waals surface area (Å²) in [4.78, 5) is 0. The number of aryl methyl sites for hydroxylation is 2. The maximum atomic E-state index is 5.74. The fourth-order valence-electron chi connectivity index (χ4n) is 2.49. The van der Waals surface area contributed by atoms with Gasteiger partial charge in [0, 0.05) is 24.3 Å². The van der Waals surface area contributed by atoms with Crippen LogP contribution < -0.4 is 11.3 Å². The van der Waals surface area contributed by atoms with Crippen LogP contribution in [0.15, 0.2) is 4.47 Å². The van der Waals surface area contributed by atoms with Crippen LogP contribution in [-0.4, -0.2) is 26.8 Å². The molecule has 2 atom stereocenters. The first-order valence-electron chi connectivity index (χ1n) is 6.46. The highest BCUT2D eigenvalue weighted by molar-refractivity contribution is 9.10. The van der Waals surface area contributed by atoms with Crippen LogP contribution in [0.2, 0.25) is 0 Å². The van der Waals surface area contributed by atoms with Crippen LogP contribution in [-0.2, 0) is 13.0 Å². The van der Waals surface area contributed by atoms with Crippen molar-refractivity contribution < 1.29 is 0 Å². The second kappa shape index (κ2) is 6.41. The maximum absolute atomic E-state index is 5.74. The first-order chi connectivity index (χ1) is 8.67. The Morgan fingerprint density at radius 1 is 1.67 bits per heavy atom. The average molecular weight is 333 g/mol. The molecule has 0 bridgehead atoms. The molecule has 102 valence electrons. The number of aromatic nitrogens is 2. The van der Waals surface area contributed by atoms with Crippen molar-refractivity contribution in [2.75, 3.05) is 5.75 Å². The van der Waals surface area contributed by atoms with Crippen LogP contribution in [0.25, 0.3) is 0 Å². The fourth-order valence-corrected chi connectivity index (χ4v) is 4.31. The SMILES string of the molecule is CCn1nc(C)c(Br)c1CC(NN)C1CCCS1. The molecule has 1 aliphatic heterocycles. The van der Waals surface area contributed by atoms with Gasteiger partial charge >= 0.3 is 0 Å². The van der Waals surface area contributed by atoms with Crippen molar-refractivity contribution in [2.24, 2.45) is 5.84 Å². The molecule has 2 heterocycles. The lowest BCUT2D eigenvalue weighted by Crippen LogP contribution is -2.43. The van der Waals surface area contributed by atoms with E-state index in [-0.39, 0.29) is 0 Å². The summed E-state index contributed by atoms with van der Waals surface area (Å²) in [7, 11) is 0. The van der Waals surface area contributed by atoms with E-state index in [4.69, 9.17) is 5.84 Å². The molecule has 0 aromatic carbocycles. The molecule has 1 aliphatic rings. The predicted octanol–water partition coefficient (Wildman–Crippen LogP) is 2.24. The van der Waals surface area contributed by atoms with Gasteiger partial charge in [0.15, 0.2) is 0 Å².